The van der Waals surface area contributed by atoms with Crippen LogP contribution in [0.3, 0.4) is 0 Å². The highest BCUT2D eigenvalue weighted by molar-refractivity contribution is 7.18. The second-order valence-corrected chi connectivity index (χ2v) is 6.68. The number of carbonyl (C=O) groups excluding carboxylic acids is 1. The van der Waals surface area contributed by atoms with Crippen molar-refractivity contribution in [3.63, 3.8) is 0 Å². The summed E-state index contributed by atoms with van der Waals surface area (Å²) in [6, 6.07) is 9.77. The Bertz CT molecular complexity index is 931. The molecule has 0 saturated carbocycles. The smallest absolute Gasteiger partial charge is 0.307 e. The van der Waals surface area contributed by atoms with E-state index in [9.17, 15) is 4.79 Å². The summed E-state index contributed by atoms with van der Waals surface area (Å²) in [7, 11) is 1.39. The molecule has 0 aliphatic carbocycles. The molecule has 0 atom stereocenters. The minimum absolute atomic E-state index is 0.237. The standard InChI is InChI=1S/C17H17N5O3S/c1-24-14(23)6-8-22-9-7-18-16(22)19-17-21-20-15(26-17)13-10-11-4-2-3-5-12(11)25-13/h2-5,10H,6-9H2,1H3,(H,18,19,21). The Morgan fingerprint density at radius 1 is 1.38 bits per heavy atom. The Kier molecular flexibility index (Phi) is 4.53. The SMILES string of the molecule is COC(=O)CCN1CCN=C1Nc1nnc(-c2cc3ccccc3o2)s1. The maximum atomic E-state index is 11.3. The molecule has 2 aromatic heterocycles. The molecule has 1 N–H and O–H groups in total. The first-order valence-corrected chi connectivity index (χ1v) is 9.00. The highest BCUT2D eigenvalue weighted by atomic mass is 32.1. The van der Waals surface area contributed by atoms with Gasteiger partial charge in [-0.15, -0.1) is 10.2 Å². The number of hydrogen-bond donors (Lipinski definition) is 1. The number of nitrogens with zero attached hydrogens (tertiary/aromatic N) is 4. The fourth-order valence-corrected chi connectivity index (χ4v) is 3.39. The van der Waals surface area contributed by atoms with Crippen molar-refractivity contribution in [2.24, 2.45) is 4.99 Å². The highest BCUT2D eigenvalue weighted by Crippen LogP contribution is 2.31. The number of esters is 1. The van der Waals surface area contributed by atoms with Crippen molar-refractivity contribution in [3.05, 3.63) is 30.3 Å². The molecule has 134 valence electrons. The van der Waals surface area contributed by atoms with Crippen LogP contribution in [0.4, 0.5) is 5.13 Å². The Morgan fingerprint density at radius 3 is 3.12 bits per heavy atom. The summed E-state index contributed by atoms with van der Waals surface area (Å²) in [4.78, 5) is 17.8. The van der Waals surface area contributed by atoms with E-state index in [0.29, 0.717) is 41.4 Å². The maximum Gasteiger partial charge on any atom is 0.307 e. The fraction of sp³-hybridized carbons (Fsp3) is 0.294. The van der Waals surface area contributed by atoms with Gasteiger partial charge >= 0.3 is 5.97 Å². The van der Waals surface area contributed by atoms with E-state index in [1.54, 1.807) is 0 Å². The van der Waals surface area contributed by atoms with Gasteiger partial charge in [0.15, 0.2) is 16.7 Å². The average molecular weight is 371 g/mol. The van der Waals surface area contributed by atoms with Gasteiger partial charge in [-0.05, 0) is 12.1 Å². The van der Waals surface area contributed by atoms with Crippen molar-refractivity contribution in [2.75, 3.05) is 32.1 Å². The number of carbonyl (C=O) groups is 1. The zero-order valence-electron chi connectivity index (χ0n) is 14.1. The molecule has 3 heterocycles. The molecule has 0 unspecified atom stereocenters. The summed E-state index contributed by atoms with van der Waals surface area (Å²) in [6.45, 7) is 1.99. The molecule has 26 heavy (non-hydrogen) atoms. The lowest BCUT2D eigenvalue weighted by atomic mass is 10.2. The molecule has 8 nitrogen and oxygen atoms in total. The second kappa shape index (κ2) is 7.12. The van der Waals surface area contributed by atoms with Gasteiger partial charge in [0.2, 0.25) is 5.13 Å². The van der Waals surface area contributed by atoms with Crippen molar-refractivity contribution in [3.8, 4) is 10.8 Å². The van der Waals surface area contributed by atoms with Gasteiger partial charge in [0.25, 0.3) is 0 Å². The molecule has 0 saturated heterocycles. The number of nitrogens with one attached hydrogen (secondary N) is 1. The molecule has 1 aliphatic rings. The van der Waals surface area contributed by atoms with Crippen LogP contribution in [-0.4, -0.2) is 53.8 Å². The first-order chi connectivity index (χ1) is 12.7. The number of furan rings is 1. The molecule has 3 aromatic rings. The van der Waals surface area contributed by atoms with Gasteiger partial charge in [0.05, 0.1) is 20.1 Å². The van der Waals surface area contributed by atoms with Crippen LogP contribution in [-0.2, 0) is 9.53 Å². The third-order valence-corrected chi connectivity index (χ3v) is 4.88. The van der Waals surface area contributed by atoms with Crippen LogP contribution < -0.4 is 5.32 Å². The van der Waals surface area contributed by atoms with E-state index in [1.807, 2.05) is 35.2 Å². The van der Waals surface area contributed by atoms with Crippen LogP contribution in [0, 0.1) is 0 Å². The summed E-state index contributed by atoms with van der Waals surface area (Å²) in [5.74, 6) is 1.15. The van der Waals surface area contributed by atoms with E-state index in [-0.39, 0.29) is 5.97 Å². The second-order valence-electron chi connectivity index (χ2n) is 5.70. The van der Waals surface area contributed by atoms with Crippen LogP contribution in [0.1, 0.15) is 6.42 Å². The molecular weight excluding hydrogens is 354 g/mol. The predicted octanol–water partition coefficient (Wildman–Crippen LogP) is 2.60. The van der Waals surface area contributed by atoms with Crippen molar-refractivity contribution >= 4 is 39.4 Å². The van der Waals surface area contributed by atoms with Gasteiger partial charge in [0, 0.05) is 18.5 Å². The fourth-order valence-electron chi connectivity index (χ4n) is 2.70. The topological polar surface area (TPSA) is 92.8 Å². The first kappa shape index (κ1) is 16.5. The highest BCUT2D eigenvalue weighted by Gasteiger charge is 2.20. The van der Waals surface area contributed by atoms with Crippen LogP contribution in [0.25, 0.3) is 21.7 Å². The van der Waals surface area contributed by atoms with E-state index in [2.05, 4.69) is 25.2 Å². The number of aliphatic imine (C=N–C) groups is 1. The van der Waals surface area contributed by atoms with Gasteiger partial charge < -0.3 is 19.4 Å². The molecule has 0 fully saturated rings. The molecule has 0 amide bonds. The number of anilines is 1. The molecule has 9 heteroatoms. The number of aromatic nitrogens is 2. The number of hydrogen-bond acceptors (Lipinski definition) is 9. The van der Waals surface area contributed by atoms with E-state index >= 15 is 0 Å². The van der Waals surface area contributed by atoms with Crippen LogP contribution in [0.2, 0.25) is 0 Å². The van der Waals surface area contributed by atoms with Crippen molar-refractivity contribution < 1.29 is 13.9 Å². The lowest BCUT2D eigenvalue weighted by Gasteiger charge is -2.19. The normalized spacial score (nSPS) is 13.9. The molecule has 1 aromatic carbocycles. The molecule has 4 rings (SSSR count). The largest absolute Gasteiger partial charge is 0.469 e. The third-order valence-electron chi connectivity index (χ3n) is 4.02. The zero-order chi connectivity index (χ0) is 17.9. The van der Waals surface area contributed by atoms with Crippen LogP contribution in [0.15, 0.2) is 39.7 Å². The molecule has 0 bridgehead atoms. The molecule has 0 radical (unpaired) electrons. The Labute approximate surface area is 153 Å². The van der Waals surface area contributed by atoms with E-state index in [1.165, 1.54) is 18.4 Å². The number of benzene rings is 1. The van der Waals surface area contributed by atoms with Gasteiger partial charge in [0.1, 0.15) is 5.58 Å². The zero-order valence-corrected chi connectivity index (χ0v) is 15.0. The summed E-state index contributed by atoms with van der Waals surface area (Å²) in [5, 5.41) is 13.9. The number of ether oxygens (including phenoxy) is 1. The van der Waals surface area contributed by atoms with Gasteiger partial charge in [-0.3, -0.25) is 9.79 Å². The van der Waals surface area contributed by atoms with Crippen molar-refractivity contribution in [1.29, 1.82) is 0 Å². The molecule has 1 aliphatic heterocycles. The Balaban J connectivity index is 1.45. The van der Waals surface area contributed by atoms with Gasteiger partial charge in [-0.2, -0.15) is 0 Å². The number of fused-ring (bicyclic) bond motifs is 1. The molecule has 0 spiro atoms. The number of para-hydroxylation sites is 1. The van der Waals surface area contributed by atoms with Crippen LogP contribution in [0.5, 0.6) is 0 Å². The lowest BCUT2D eigenvalue weighted by molar-refractivity contribution is -0.140. The van der Waals surface area contributed by atoms with Gasteiger partial charge in [-0.25, -0.2) is 0 Å². The van der Waals surface area contributed by atoms with Crippen LogP contribution >= 0.6 is 11.3 Å². The summed E-state index contributed by atoms with van der Waals surface area (Å²) in [5.41, 5.74) is 0.821. The number of guanidine groups is 1. The minimum Gasteiger partial charge on any atom is -0.469 e. The third kappa shape index (κ3) is 3.38. The minimum atomic E-state index is -0.237. The number of rotatable bonds is 5. The average Bonchev–Trinajstić information content (AvgIpc) is 3.39. The Morgan fingerprint density at radius 2 is 2.27 bits per heavy atom. The summed E-state index contributed by atoms with van der Waals surface area (Å²) >= 11 is 1.39. The van der Waals surface area contributed by atoms with E-state index in [4.69, 9.17) is 4.42 Å². The number of methoxy groups -OCH3 is 1. The van der Waals surface area contributed by atoms with Crippen molar-refractivity contribution in [1.82, 2.24) is 15.1 Å². The van der Waals surface area contributed by atoms with Gasteiger partial charge in [-0.1, -0.05) is 29.5 Å². The first-order valence-electron chi connectivity index (χ1n) is 8.18. The summed E-state index contributed by atoms with van der Waals surface area (Å²) < 4.78 is 10.5. The van der Waals surface area contributed by atoms with Crippen molar-refractivity contribution in [2.45, 2.75) is 6.42 Å². The lowest BCUT2D eigenvalue weighted by Crippen LogP contribution is -2.34. The van der Waals surface area contributed by atoms with E-state index < -0.39 is 0 Å². The maximum absolute atomic E-state index is 11.3. The molecular formula is C17H17N5O3S. The Hall–Kier alpha value is -2.94. The summed E-state index contributed by atoms with van der Waals surface area (Å²) in [6.07, 6.45) is 0.317. The monoisotopic (exact) mass is 371 g/mol. The predicted molar refractivity (Wildman–Crippen MR) is 99.2 cm³/mol. The van der Waals surface area contributed by atoms with E-state index in [0.717, 1.165) is 17.5 Å². The quantitative estimate of drug-likeness (QED) is 0.689.